The van der Waals surface area contributed by atoms with Crippen molar-refractivity contribution in [2.75, 3.05) is 14.2 Å². The summed E-state index contributed by atoms with van der Waals surface area (Å²) in [4.78, 5) is 24.9. The highest BCUT2D eigenvalue weighted by molar-refractivity contribution is 6.10. The van der Waals surface area contributed by atoms with Crippen LogP contribution in [-0.2, 0) is 14.3 Å². The molecule has 2 aromatic rings. The molecule has 0 bridgehead atoms. The van der Waals surface area contributed by atoms with E-state index in [0.717, 1.165) is 22.4 Å². The van der Waals surface area contributed by atoms with Gasteiger partial charge in [0.2, 0.25) is 0 Å². The van der Waals surface area contributed by atoms with Gasteiger partial charge in [-0.1, -0.05) is 42.5 Å². The second kappa shape index (κ2) is 7.34. The molecule has 128 valence electrons. The van der Waals surface area contributed by atoms with E-state index in [2.05, 4.69) is 0 Å². The largest absolute Gasteiger partial charge is 0.497 e. The van der Waals surface area contributed by atoms with Crippen molar-refractivity contribution in [1.29, 1.82) is 0 Å². The lowest BCUT2D eigenvalue weighted by Crippen LogP contribution is -2.33. The Kier molecular flexibility index (Phi) is 4.98. The summed E-state index contributed by atoms with van der Waals surface area (Å²) >= 11 is 0. The molecule has 0 spiro atoms. The molecule has 4 heteroatoms. The average Bonchev–Trinajstić information content (AvgIpc) is 2.67. The summed E-state index contributed by atoms with van der Waals surface area (Å²) in [6, 6.07) is 17.2. The monoisotopic (exact) mass is 336 g/mol. The molecule has 0 amide bonds. The van der Waals surface area contributed by atoms with Crippen LogP contribution in [0.1, 0.15) is 23.5 Å². The zero-order valence-corrected chi connectivity index (χ0v) is 14.3. The van der Waals surface area contributed by atoms with E-state index in [-0.39, 0.29) is 11.7 Å². The summed E-state index contributed by atoms with van der Waals surface area (Å²) in [6.45, 7) is 0. The Bertz CT molecular complexity index is 790. The van der Waals surface area contributed by atoms with Crippen LogP contribution in [0, 0.1) is 5.92 Å². The molecule has 4 nitrogen and oxygen atoms in total. The van der Waals surface area contributed by atoms with Gasteiger partial charge < -0.3 is 9.47 Å². The van der Waals surface area contributed by atoms with Crippen molar-refractivity contribution in [2.24, 2.45) is 5.92 Å². The molecule has 0 N–H and O–H groups in total. The third-order valence-electron chi connectivity index (χ3n) is 4.61. The fraction of sp³-hybridized carbons (Fsp3) is 0.238. The summed E-state index contributed by atoms with van der Waals surface area (Å²) < 4.78 is 10.1. The van der Waals surface area contributed by atoms with Gasteiger partial charge in [0.15, 0.2) is 5.78 Å². The number of esters is 1. The summed E-state index contributed by atoms with van der Waals surface area (Å²) in [5.41, 5.74) is 2.84. The Balaban J connectivity index is 1.99. The smallest absolute Gasteiger partial charge is 0.317 e. The van der Waals surface area contributed by atoms with Gasteiger partial charge in [-0.15, -0.1) is 0 Å². The minimum Gasteiger partial charge on any atom is -0.497 e. The first-order valence-corrected chi connectivity index (χ1v) is 8.15. The predicted octanol–water partition coefficient (Wildman–Crippen LogP) is 3.62. The highest BCUT2D eigenvalue weighted by atomic mass is 16.5. The molecule has 1 aliphatic rings. The Hall–Kier alpha value is -2.88. The number of allylic oxidation sites excluding steroid dienone is 2. The first-order chi connectivity index (χ1) is 12.1. The lowest BCUT2D eigenvalue weighted by Gasteiger charge is -2.29. The van der Waals surface area contributed by atoms with Gasteiger partial charge in [0, 0.05) is 5.92 Å². The van der Waals surface area contributed by atoms with E-state index >= 15 is 0 Å². The fourth-order valence-corrected chi connectivity index (χ4v) is 3.30. The minimum atomic E-state index is -0.797. The number of carbonyl (C=O) groups excluding carboxylic acids is 2. The highest BCUT2D eigenvalue weighted by Gasteiger charge is 2.39. The predicted molar refractivity (Wildman–Crippen MR) is 95.3 cm³/mol. The molecule has 3 rings (SSSR count). The van der Waals surface area contributed by atoms with E-state index in [4.69, 9.17) is 9.47 Å². The number of hydrogen-bond donors (Lipinski definition) is 0. The second-order valence-corrected chi connectivity index (χ2v) is 6.02. The third kappa shape index (κ3) is 3.48. The number of rotatable bonds is 4. The number of ketones is 1. The standard InChI is InChI=1S/C21H20O4/c1-24-17-10-8-14(9-11-17)16-12-18(15-6-4-3-5-7-15)20(19(22)13-16)21(23)25-2/h3-11,13,18,20H,12H2,1-2H3/t18-,20-/m0/s1. The van der Waals surface area contributed by atoms with Crippen LogP contribution in [0.15, 0.2) is 60.7 Å². The van der Waals surface area contributed by atoms with Gasteiger partial charge in [0.1, 0.15) is 11.7 Å². The van der Waals surface area contributed by atoms with E-state index in [1.807, 2.05) is 54.6 Å². The Morgan fingerprint density at radius 2 is 1.68 bits per heavy atom. The van der Waals surface area contributed by atoms with Crippen molar-refractivity contribution in [3.8, 4) is 5.75 Å². The minimum absolute atomic E-state index is 0.210. The lowest BCUT2D eigenvalue weighted by atomic mass is 9.73. The molecule has 0 saturated carbocycles. The van der Waals surface area contributed by atoms with Gasteiger partial charge in [0.05, 0.1) is 14.2 Å². The first-order valence-electron chi connectivity index (χ1n) is 8.15. The number of ether oxygens (including phenoxy) is 2. The summed E-state index contributed by atoms with van der Waals surface area (Å²) in [7, 11) is 2.94. The maximum absolute atomic E-state index is 12.7. The zero-order valence-electron chi connectivity index (χ0n) is 14.3. The van der Waals surface area contributed by atoms with Crippen molar-refractivity contribution in [1.82, 2.24) is 0 Å². The van der Waals surface area contributed by atoms with Crippen molar-refractivity contribution >= 4 is 17.3 Å². The van der Waals surface area contributed by atoms with E-state index in [1.54, 1.807) is 13.2 Å². The molecule has 0 unspecified atom stereocenters. The maximum atomic E-state index is 12.7. The van der Waals surface area contributed by atoms with Crippen LogP contribution in [0.4, 0.5) is 0 Å². The van der Waals surface area contributed by atoms with Gasteiger partial charge >= 0.3 is 5.97 Å². The molecule has 0 saturated heterocycles. The van der Waals surface area contributed by atoms with Gasteiger partial charge in [0.25, 0.3) is 0 Å². The number of benzene rings is 2. The normalized spacial score (nSPS) is 19.9. The fourth-order valence-electron chi connectivity index (χ4n) is 3.30. The van der Waals surface area contributed by atoms with Crippen LogP contribution in [0.25, 0.3) is 5.57 Å². The molecule has 0 heterocycles. The number of carbonyl (C=O) groups is 2. The Morgan fingerprint density at radius 1 is 1.00 bits per heavy atom. The van der Waals surface area contributed by atoms with Crippen molar-refractivity contribution in [3.63, 3.8) is 0 Å². The summed E-state index contributed by atoms with van der Waals surface area (Å²) in [5, 5.41) is 0. The Morgan fingerprint density at radius 3 is 2.28 bits per heavy atom. The molecule has 2 atom stereocenters. The molecule has 0 aliphatic heterocycles. The van der Waals surface area contributed by atoms with Crippen LogP contribution in [0.2, 0.25) is 0 Å². The molecule has 2 aromatic carbocycles. The van der Waals surface area contributed by atoms with Gasteiger partial charge in [-0.3, -0.25) is 9.59 Å². The van der Waals surface area contributed by atoms with Crippen LogP contribution in [-0.4, -0.2) is 26.0 Å². The van der Waals surface area contributed by atoms with E-state index in [9.17, 15) is 9.59 Å². The summed E-state index contributed by atoms with van der Waals surface area (Å²) in [6.07, 6.45) is 2.17. The molecular formula is C21H20O4. The van der Waals surface area contributed by atoms with E-state index < -0.39 is 11.9 Å². The van der Waals surface area contributed by atoms with Crippen molar-refractivity contribution in [2.45, 2.75) is 12.3 Å². The van der Waals surface area contributed by atoms with E-state index in [0.29, 0.717) is 6.42 Å². The zero-order chi connectivity index (χ0) is 17.8. The van der Waals surface area contributed by atoms with Crippen LogP contribution in [0.3, 0.4) is 0 Å². The highest BCUT2D eigenvalue weighted by Crippen LogP contribution is 2.40. The number of methoxy groups -OCH3 is 2. The van der Waals surface area contributed by atoms with Gasteiger partial charge in [-0.2, -0.15) is 0 Å². The lowest BCUT2D eigenvalue weighted by molar-refractivity contribution is -0.149. The topological polar surface area (TPSA) is 52.6 Å². The van der Waals surface area contributed by atoms with Crippen molar-refractivity contribution < 1.29 is 19.1 Å². The van der Waals surface area contributed by atoms with Crippen LogP contribution >= 0.6 is 0 Å². The average molecular weight is 336 g/mol. The molecule has 1 aliphatic carbocycles. The molecule has 0 fully saturated rings. The van der Waals surface area contributed by atoms with Crippen LogP contribution < -0.4 is 4.74 Å². The maximum Gasteiger partial charge on any atom is 0.317 e. The molecule has 0 aromatic heterocycles. The molecule has 25 heavy (non-hydrogen) atoms. The SMILES string of the molecule is COC(=O)[C@@H]1C(=O)C=C(c2ccc(OC)cc2)C[C@H]1c1ccccc1. The molecule has 0 radical (unpaired) electrons. The van der Waals surface area contributed by atoms with Gasteiger partial charge in [-0.05, 0) is 41.3 Å². The second-order valence-electron chi connectivity index (χ2n) is 6.02. The van der Waals surface area contributed by atoms with Crippen molar-refractivity contribution in [3.05, 3.63) is 71.8 Å². The first kappa shape index (κ1) is 17.0. The third-order valence-corrected chi connectivity index (χ3v) is 4.61. The molecular weight excluding hydrogens is 316 g/mol. The van der Waals surface area contributed by atoms with Crippen LogP contribution in [0.5, 0.6) is 5.75 Å². The Labute approximate surface area is 147 Å². The summed E-state index contributed by atoms with van der Waals surface area (Å²) in [5.74, 6) is -0.960. The van der Waals surface area contributed by atoms with Gasteiger partial charge in [-0.25, -0.2) is 0 Å². The number of hydrogen-bond acceptors (Lipinski definition) is 4. The van der Waals surface area contributed by atoms with E-state index in [1.165, 1.54) is 7.11 Å². The quantitative estimate of drug-likeness (QED) is 0.632.